The lowest BCUT2D eigenvalue weighted by Gasteiger charge is -2.14. The summed E-state index contributed by atoms with van der Waals surface area (Å²) in [6.45, 7) is -0.102. The van der Waals surface area contributed by atoms with E-state index in [9.17, 15) is 14.9 Å². The van der Waals surface area contributed by atoms with Crippen LogP contribution in [0.5, 0.6) is 0 Å². The number of hydrogen-bond donors (Lipinski definition) is 2. The van der Waals surface area contributed by atoms with Gasteiger partial charge in [-0.3, -0.25) is 15.1 Å². The largest absolute Gasteiger partial charge is 0.480 e. The molecular formula is C9H11N3O5. The Bertz CT molecular complexity index is 423. The Morgan fingerprint density at radius 3 is 3.00 bits per heavy atom. The third-order valence-electron chi connectivity index (χ3n) is 1.96. The van der Waals surface area contributed by atoms with Crippen LogP contribution in [0.4, 0.5) is 11.4 Å². The minimum absolute atomic E-state index is 0.0921. The van der Waals surface area contributed by atoms with Crippen LogP contribution in [-0.4, -0.2) is 40.7 Å². The summed E-state index contributed by atoms with van der Waals surface area (Å²) in [5.41, 5.74) is -0.190. The summed E-state index contributed by atoms with van der Waals surface area (Å²) in [4.78, 5) is 24.5. The average Bonchev–Trinajstić information content (AvgIpc) is 2.28. The van der Waals surface area contributed by atoms with E-state index in [4.69, 9.17) is 9.84 Å². The summed E-state index contributed by atoms with van der Waals surface area (Å²) in [6, 6.07) is 0.282. The van der Waals surface area contributed by atoms with Crippen molar-refractivity contribution in [2.75, 3.05) is 19.0 Å². The molecule has 92 valence electrons. The summed E-state index contributed by atoms with van der Waals surface area (Å²) < 4.78 is 4.71. The topological polar surface area (TPSA) is 115 Å². The third kappa shape index (κ3) is 3.38. The van der Waals surface area contributed by atoms with Crippen molar-refractivity contribution >= 4 is 17.3 Å². The first kappa shape index (κ1) is 12.8. The Morgan fingerprint density at radius 2 is 2.47 bits per heavy atom. The maximum atomic E-state index is 10.8. The maximum absolute atomic E-state index is 10.8. The van der Waals surface area contributed by atoms with Crippen LogP contribution in [0.3, 0.4) is 0 Å². The van der Waals surface area contributed by atoms with E-state index in [1.54, 1.807) is 0 Å². The molecular weight excluding hydrogens is 230 g/mol. The molecule has 2 N–H and O–H groups in total. The van der Waals surface area contributed by atoms with Gasteiger partial charge in [0.15, 0.2) is 0 Å². The zero-order valence-corrected chi connectivity index (χ0v) is 8.99. The fraction of sp³-hybridized carbons (Fsp3) is 0.333. The second-order valence-corrected chi connectivity index (χ2v) is 3.14. The predicted molar refractivity (Wildman–Crippen MR) is 57.8 cm³/mol. The van der Waals surface area contributed by atoms with Gasteiger partial charge in [0.1, 0.15) is 17.9 Å². The average molecular weight is 241 g/mol. The number of carbonyl (C=O) groups is 1. The molecule has 1 aromatic rings. The number of hydrogen-bond acceptors (Lipinski definition) is 6. The molecule has 0 saturated heterocycles. The van der Waals surface area contributed by atoms with Crippen molar-refractivity contribution in [1.82, 2.24) is 4.98 Å². The fourth-order valence-electron chi connectivity index (χ4n) is 1.18. The van der Waals surface area contributed by atoms with Crippen LogP contribution in [0.15, 0.2) is 18.5 Å². The minimum atomic E-state index is -1.15. The summed E-state index contributed by atoms with van der Waals surface area (Å²) in [6.07, 6.45) is 2.38. The molecule has 0 aromatic carbocycles. The highest BCUT2D eigenvalue weighted by Crippen LogP contribution is 2.22. The highest BCUT2D eigenvalue weighted by Gasteiger charge is 2.21. The molecule has 0 radical (unpaired) electrons. The first-order chi connectivity index (χ1) is 8.06. The van der Waals surface area contributed by atoms with E-state index in [-0.39, 0.29) is 18.0 Å². The van der Waals surface area contributed by atoms with E-state index in [1.807, 2.05) is 0 Å². The second-order valence-electron chi connectivity index (χ2n) is 3.14. The molecule has 0 saturated carbocycles. The number of aromatic nitrogens is 1. The zero-order valence-electron chi connectivity index (χ0n) is 8.99. The van der Waals surface area contributed by atoms with Crippen molar-refractivity contribution in [2.45, 2.75) is 6.04 Å². The maximum Gasteiger partial charge on any atom is 0.328 e. The number of ether oxygens (including phenoxy) is 1. The standard InChI is InChI=1S/C9H11N3O5/c1-17-5-7(9(13)14)11-6-2-3-10-4-8(6)12(15)16/h2-4,7H,5H2,1H3,(H,10,11)(H,13,14). The highest BCUT2D eigenvalue weighted by atomic mass is 16.6. The van der Waals surface area contributed by atoms with Crippen molar-refractivity contribution in [2.24, 2.45) is 0 Å². The summed E-state index contributed by atoms with van der Waals surface area (Å²) >= 11 is 0. The molecule has 0 spiro atoms. The number of nitro groups is 1. The van der Waals surface area contributed by atoms with Crippen molar-refractivity contribution in [3.63, 3.8) is 0 Å². The quantitative estimate of drug-likeness (QED) is 0.550. The number of rotatable bonds is 6. The van der Waals surface area contributed by atoms with E-state index in [1.165, 1.54) is 19.4 Å². The molecule has 0 aliphatic heterocycles. The highest BCUT2D eigenvalue weighted by molar-refractivity contribution is 5.78. The lowest BCUT2D eigenvalue weighted by atomic mass is 10.2. The normalized spacial score (nSPS) is 11.8. The molecule has 8 nitrogen and oxygen atoms in total. The van der Waals surface area contributed by atoms with E-state index in [2.05, 4.69) is 10.3 Å². The van der Waals surface area contributed by atoms with Gasteiger partial charge in [-0.1, -0.05) is 0 Å². The Balaban J connectivity index is 2.92. The number of carboxylic acids is 1. The first-order valence-corrected chi connectivity index (χ1v) is 4.63. The van der Waals surface area contributed by atoms with E-state index in [0.29, 0.717) is 0 Å². The number of aliphatic carboxylic acids is 1. The fourth-order valence-corrected chi connectivity index (χ4v) is 1.18. The summed E-state index contributed by atoms with van der Waals surface area (Å²) in [7, 11) is 1.35. The van der Waals surface area contributed by atoms with Crippen LogP contribution in [0.1, 0.15) is 0 Å². The van der Waals surface area contributed by atoms with E-state index in [0.717, 1.165) is 6.20 Å². The Labute approximate surface area is 96.4 Å². The molecule has 1 aromatic heterocycles. The molecule has 1 rings (SSSR count). The van der Waals surface area contributed by atoms with Crippen LogP contribution >= 0.6 is 0 Å². The van der Waals surface area contributed by atoms with Gasteiger partial charge >= 0.3 is 11.7 Å². The molecule has 0 aliphatic carbocycles. The van der Waals surface area contributed by atoms with Crippen molar-refractivity contribution in [3.05, 3.63) is 28.6 Å². The van der Waals surface area contributed by atoms with Crippen LogP contribution in [0.2, 0.25) is 0 Å². The molecule has 0 bridgehead atoms. The van der Waals surface area contributed by atoms with Gasteiger partial charge in [0.2, 0.25) is 0 Å². The monoisotopic (exact) mass is 241 g/mol. The van der Waals surface area contributed by atoms with Gasteiger partial charge in [0.25, 0.3) is 0 Å². The predicted octanol–water partition coefficient (Wildman–Crippen LogP) is 0.501. The smallest absolute Gasteiger partial charge is 0.328 e. The van der Waals surface area contributed by atoms with Gasteiger partial charge in [0.05, 0.1) is 11.5 Å². The molecule has 17 heavy (non-hydrogen) atoms. The molecule has 8 heteroatoms. The van der Waals surface area contributed by atoms with Crippen LogP contribution in [-0.2, 0) is 9.53 Å². The van der Waals surface area contributed by atoms with Crippen molar-refractivity contribution in [1.29, 1.82) is 0 Å². The Morgan fingerprint density at radius 1 is 1.76 bits per heavy atom. The van der Waals surface area contributed by atoms with Gasteiger partial charge < -0.3 is 15.2 Å². The van der Waals surface area contributed by atoms with Crippen molar-refractivity contribution < 1.29 is 19.6 Å². The van der Waals surface area contributed by atoms with Gasteiger partial charge in [-0.15, -0.1) is 0 Å². The Hall–Kier alpha value is -2.22. The Kier molecular flexibility index (Phi) is 4.35. The number of nitrogens with zero attached hydrogens (tertiary/aromatic N) is 2. The number of anilines is 1. The van der Waals surface area contributed by atoms with Crippen LogP contribution in [0.25, 0.3) is 0 Å². The summed E-state index contributed by atoms with van der Waals surface area (Å²) in [5.74, 6) is -1.15. The van der Waals surface area contributed by atoms with Crippen LogP contribution < -0.4 is 5.32 Å². The molecule has 0 aliphatic rings. The zero-order chi connectivity index (χ0) is 12.8. The molecule has 1 heterocycles. The van der Waals surface area contributed by atoms with Crippen LogP contribution in [0, 0.1) is 10.1 Å². The number of carboxylic acid groups (broad SMARTS) is 1. The third-order valence-corrected chi connectivity index (χ3v) is 1.96. The number of nitrogens with one attached hydrogen (secondary N) is 1. The first-order valence-electron chi connectivity index (χ1n) is 4.63. The molecule has 0 amide bonds. The van der Waals surface area contributed by atoms with Gasteiger partial charge in [-0.25, -0.2) is 4.79 Å². The lowest BCUT2D eigenvalue weighted by molar-refractivity contribution is -0.384. The lowest BCUT2D eigenvalue weighted by Crippen LogP contribution is -2.33. The molecule has 1 unspecified atom stereocenters. The SMILES string of the molecule is COCC(Nc1ccncc1[N+](=O)[O-])C(=O)O. The van der Waals surface area contributed by atoms with Gasteiger partial charge in [-0.2, -0.15) is 0 Å². The van der Waals surface area contributed by atoms with Gasteiger partial charge in [-0.05, 0) is 6.07 Å². The molecule has 1 atom stereocenters. The summed E-state index contributed by atoms with van der Waals surface area (Å²) in [5, 5.41) is 22.1. The van der Waals surface area contributed by atoms with E-state index < -0.39 is 16.9 Å². The second kappa shape index (κ2) is 5.75. The van der Waals surface area contributed by atoms with E-state index >= 15 is 0 Å². The minimum Gasteiger partial charge on any atom is -0.480 e. The molecule has 0 fully saturated rings. The number of methoxy groups -OCH3 is 1. The van der Waals surface area contributed by atoms with Crippen molar-refractivity contribution in [3.8, 4) is 0 Å². The number of pyridine rings is 1. The van der Waals surface area contributed by atoms with Gasteiger partial charge in [0, 0.05) is 13.3 Å².